The van der Waals surface area contributed by atoms with Crippen LogP contribution in [0, 0.1) is 5.82 Å². The first-order chi connectivity index (χ1) is 7.83. The highest BCUT2D eigenvalue weighted by atomic mass is 19.4. The molecule has 0 heterocycles. The molecule has 0 unspecified atom stereocenters. The number of hydrogen-bond donors (Lipinski definition) is 1. The minimum atomic E-state index is -4.56. The van der Waals surface area contributed by atoms with Crippen LogP contribution in [0.25, 0.3) is 0 Å². The van der Waals surface area contributed by atoms with Crippen molar-refractivity contribution in [2.75, 3.05) is 0 Å². The van der Waals surface area contributed by atoms with Crippen LogP contribution in [-0.2, 0) is 11.7 Å². The molecule has 5 heteroatoms. The lowest BCUT2D eigenvalue weighted by molar-refractivity contribution is -0.139. The Hall–Kier alpha value is -1.10. The Kier molecular flexibility index (Phi) is 2.89. The molecule has 0 bridgehead atoms. The Morgan fingerprint density at radius 3 is 2.24 bits per heavy atom. The number of hydrogen-bond acceptors (Lipinski definition) is 1. The van der Waals surface area contributed by atoms with E-state index in [1.165, 1.54) is 6.07 Å². The van der Waals surface area contributed by atoms with E-state index in [2.05, 4.69) is 0 Å². The molecule has 1 aromatic carbocycles. The second kappa shape index (κ2) is 3.98. The Labute approximate surface area is 96.6 Å². The van der Waals surface area contributed by atoms with E-state index in [4.69, 9.17) is 5.73 Å². The first-order valence-electron chi connectivity index (χ1n) is 5.49. The number of rotatable bonds is 1. The van der Waals surface area contributed by atoms with Crippen molar-refractivity contribution in [3.05, 3.63) is 35.1 Å². The fourth-order valence-electron chi connectivity index (χ4n) is 2.46. The Morgan fingerprint density at radius 1 is 1.12 bits per heavy atom. The summed E-state index contributed by atoms with van der Waals surface area (Å²) in [6.45, 7) is 0. The monoisotopic (exact) mass is 247 g/mol. The molecule has 0 atom stereocenters. The molecule has 1 saturated carbocycles. The van der Waals surface area contributed by atoms with Gasteiger partial charge < -0.3 is 5.73 Å². The SMILES string of the molecule is NC1(c2ccc(F)cc2C(F)(F)F)CCCC1. The van der Waals surface area contributed by atoms with E-state index in [0.29, 0.717) is 18.9 Å². The van der Waals surface area contributed by atoms with Crippen molar-refractivity contribution < 1.29 is 17.6 Å². The van der Waals surface area contributed by atoms with E-state index < -0.39 is 23.1 Å². The molecular weight excluding hydrogens is 234 g/mol. The second-order valence-electron chi connectivity index (χ2n) is 4.55. The van der Waals surface area contributed by atoms with E-state index >= 15 is 0 Å². The number of halogens is 4. The van der Waals surface area contributed by atoms with Gasteiger partial charge in [-0.1, -0.05) is 18.9 Å². The molecule has 0 saturated heterocycles. The fraction of sp³-hybridized carbons (Fsp3) is 0.500. The molecule has 1 nitrogen and oxygen atoms in total. The highest BCUT2D eigenvalue weighted by Crippen LogP contribution is 2.42. The van der Waals surface area contributed by atoms with Crippen LogP contribution in [-0.4, -0.2) is 0 Å². The molecule has 1 aliphatic rings. The number of nitrogens with two attached hydrogens (primary N) is 1. The molecule has 0 aromatic heterocycles. The molecule has 0 spiro atoms. The molecule has 2 rings (SSSR count). The second-order valence-corrected chi connectivity index (χ2v) is 4.55. The molecule has 1 aliphatic carbocycles. The van der Waals surface area contributed by atoms with Crippen LogP contribution in [0.5, 0.6) is 0 Å². The molecule has 0 radical (unpaired) electrons. The average Bonchev–Trinajstić information content (AvgIpc) is 2.64. The van der Waals surface area contributed by atoms with Crippen LogP contribution in [0.3, 0.4) is 0 Å². The van der Waals surface area contributed by atoms with Crippen molar-refractivity contribution in [3.8, 4) is 0 Å². The van der Waals surface area contributed by atoms with Gasteiger partial charge in [0.2, 0.25) is 0 Å². The first-order valence-corrected chi connectivity index (χ1v) is 5.49. The maximum absolute atomic E-state index is 12.9. The molecular formula is C12H13F4N. The van der Waals surface area contributed by atoms with Gasteiger partial charge in [-0.15, -0.1) is 0 Å². The summed E-state index contributed by atoms with van der Waals surface area (Å²) in [5.41, 5.74) is 4.12. The quantitative estimate of drug-likeness (QED) is 0.754. The summed E-state index contributed by atoms with van der Waals surface area (Å²) in [6, 6.07) is 2.74. The normalized spacial score (nSPS) is 19.6. The third kappa shape index (κ3) is 2.29. The predicted molar refractivity (Wildman–Crippen MR) is 55.7 cm³/mol. The summed E-state index contributed by atoms with van der Waals surface area (Å²) in [5, 5.41) is 0. The topological polar surface area (TPSA) is 26.0 Å². The molecule has 2 N–H and O–H groups in total. The summed E-state index contributed by atoms with van der Waals surface area (Å²) in [7, 11) is 0. The van der Waals surface area contributed by atoms with Gasteiger partial charge in [-0.25, -0.2) is 4.39 Å². The zero-order valence-corrected chi connectivity index (χ0v) is 9.15. The lowest BCUT2D eigenvalue weighted by Crippen LogP contribution is -2.35. The molecule has 17 heavy (non-hydrogen) atoms. The standard InChI is InChI=1S/C12H13F4N/c13-8-3-4-9(10(7-8)12(14,15)16)11(17)5-1-2-6-11/h3-4,7H,1-2,5-6,17H2. The lowest BCUT2D eigenvalue weighted by atomic mass is 9.85. The van der Waals surface area contributed by atoms with Gasteiger partial charge in [0, 0.05) is 5.54 Å². The first kappa shape index (κ1) is 12.4. The van der Waals surface area contributed by atoms with Gasteiger partial charge in [0.15, 0.2) is 0 Å². The van der Waals surface area contributed by atoms with E-state index in [1.807, 2.05) is 0 Å². The van der Waals surface area contributed by atoms with Gasteiger partial charge in [0.25, 0.3) is 0 Å². The summed E-state index contributed by atoms with van der Waals surface area (Å²) in [6.07, 6.45) is -1.91. The highest BCUT2D eigenvalue weighted by molar-refractivity contribution is 5.36. The van der Waals surface area contributed by atoms with Crippen molar-refractivity contribution in [2.24, 2.45) is 5.73 Å². The maximum atomic E-state index is 12.9. The van der Waals surface area contributed by atoms with E-state index in [0.717, 1.165) is 18.9 Å². The summed E-state index contributed by atoms with van der Waals surface area (Å²) < 4.78 is 51.4. The lowest BCUT2D eigenvalue weighted by Gasteiger charge is -2.27. The number of alkyl halides is 3. The smallest absolute Gasteiger partial charge is 0.321 e. The van der Waals surface area contributed by atoms with Crippen molar-refractivity contribution in [1.29, 1.82) is 0 Å². The van der Waals surface area contributed by atoms with Crippen molar-refractivity contribution >= 4 is 0 Å². The third-order valence-corrected chi connectivity index (χ3v) is 3.32. The van der Waals surface area contributed by atoms with Gasteiger partial charge in [0.1, 0.15) is 5.82 Å². The molecule has 0 amide bonds. The van der Waals surface area contributed by atoms with E-state index in [1.54, 1.807) is 0 Å². The van der Waals surface area contributed by atoms with E-state index in [9.17, 15) is 17.6 Å². The van der Waals surface area contributed by atoms with Gasteiger partial charge >= 0.3 is 6.18 Å². The Balaban J connectivity index is 2.53. The van der Waals surface area contributed by atoms with E-state index in [-0.39, 0.29) is 5.56 Å². The van der Waals surface area contributed by atoms with Crippen LogP contribution >= 0.6 is 0 Å². The minimum Gasteiger partial charge on any atom is -0.321 e. The molecule has 0 aliphatic heterocycles. The summed E-state index contributed by atoms with van der Waals surface area (Å²) in [4.78, 5) is 0. The molecule has 94 valence electrons. The van der Waals surface area contributed by atoms with Crippen LogP contribution in [0.2, 0.25) is 0 Å². The Bertz CT molecular complexity index is 419. The molecule has 1 aromatic rings. The van der Waals surface area contributed by atoms with Crippen molar-refractivity contribution in [1.82, 2.24) is 0 Å². The Morgan fingerprint density at radius 2 is 1.71 bits per heavy atom. The van der Waals surface area contributed by atoms with Crippen LogP contribution in [0.4, 0.5) is 17.6 Å². The summed E-state index contributed by atoms with van der Waals surface area (Å²) in [5.74, 6) is -0.886. The van der Waals surface area contributed by atoms with Crippen molar-refractivity contribution in [3.63, 3.8) is 0 Å². The summed E-state index contributed by atoms with van der Waals surface area (Å²) >= 11 is 0. The van der Waals surface area contributed by atoms with Gasteiger partial charge in [0.05, 0.1) is 5.56 Å². The zero-order valence-electron chi connectivity index (χ0n) is 9.15. The van der Waals surface area contributed by atoms with Crippen molar-refractivity contribution in [2.45, 2.75) is 37.4 Å². The fourth-order valence-corrected chi connectivity index (χ4v) is 2.46. The maximum Gasteiger partial charge on any atom is 0.416 e. The highest BCUT2D eigenvalue weighted by Gasteiger charge is 2.41. The number of benzene rings is 1. The van der Waals surface area contributed by atoms with Gasteiger partial charge in [-0.2, -0.15) is 13.2 Å². The van der Waals surface area contributed by atoms with Crippen LogP contribution in [0.1, 0.15) is 36.8 Å². The third-order valence-electron chi connectivity index (χ3n) is 3.32. The predicted octanol–water partition coefficient (Wildman–Crippen LogP) is 3.57. The minimum absolute atomic E-state index is 0.0175. The van der Waals surface area contributed by atoms with Gasteiger partial charge in [-0.3, -0.25) is 0 Å². The van der Waals surface area contributed by atoms with Crippen LogP contribution in [0.15, 0.2) is 18.2 Å². The van der Waals surface area contributed by atoms with Crippen LogP contribution < -0.4 is 5.73 Å². The zero-order chi connectivity index (χ0) is 12.7. The largest absolute Gasteiger partial charge is 0.416 e. The molecule has 1 fully saturated rings. The van der Waals surface area contributed by atoms with Gasteiger partial charge in [-0.05, 0) is 30.5 Å². The average molecular weight is 247 g/mol.